The van der Waals surface area contributed by atoms with Crippen LogP contribution in [0.4, 0.5) is 0 Å². The monoisotopic (exact) mass is 324 g/mol. The van der Waals surface area contributed by atoms with Crippen LogP contribution in [0.15, 0.2) is 54.6 Å². The molecule has 1 aliphatic carbocycles. The van der Waals surface area contributed by atoms with Crippen LogP contribution in [0.3, 0.4) is 0 Å². The third kappa shape index (κ3) is 2.07. The fraction of sp³-hybridized carbons (Fsp3) is 0.280. The van der Waals surface area contributed by atoms with E-state index >= 15 is 0 Å². The second-order valence-electron chi connectivity index (χ2n) is 8.01. The number of rotatable bonds is 1. The average molecular weight is 324 g/mol. The van der Waals surface area contributed by atoms with Gasteiger partial charge in [-0.2, -0.15) is 0 Å². The summed E-state index contributed by atoms with van der Waals surface area (Å²) in [5.41, 5.74) is 4.55. The van der Waals surface area contributed by atoms with Crippen LogP contribution in [0.1, 0.15) is 42.9 Å². The van der Waals surface area contributed by atoms with Gasteiger partial charge in [0.15, 0.2) is 0 Å². The van der Waals surface area contributed by atoms with Crippen LogP contribution in [0, 0.1) is 12.8 Å². The van der Waals surface area contributed by atoms with E-state index in [0.717, 1.165) is 11.8 Å². The summed E-state index contributed by atoms with van der Waals surface area (Å²) in [6, 6.07) is 20.8. The molecule has 25 heavy (non-hydrogen) atoms. The Morgan fingerprint density at radius 2 is 1.32 bits per heavy atom. The number of aryl methyl sites for hydroxylation is 2. The van der Waals surface area contributed by atoms with Gasteiger partial charge in [0.2, 0.25) is 0 Å². The van der Waals surface area contributed by atoms with Gasteiger partial charge in [-0.1, -0.05) is 68.4 Å². The third-order valence-electron chi connectivity index (χ3n) is 6.33. The van der Waals surface area contributed by atoms with Crippen molar-refractivity contribution in [3.05, 3.63) is 71.3 Å². The molecule has 0 N–H and O–H groups in total. The van der Waals surface area contributed by atoms with Gasteiger partial charge in [0.1, 0.15) is 0 Å². The SMILES string of the molecule is Cc1cccc2c1ccc1c3ccc4c(c3ccc21)CCC4C(C)C. The van der Waals surface area contributed by atoms with Crippen LogP contribution in [-0.4, -0.2) is 0 Å². The zero-order valence-corrected chi connectivity index (χ0v) is 15.3. The molecule has 5 rings (SSSR count). The van der Waals surface area contributed by atoms with Crippen LogP contribution in [-0.2, 0) is 6.42 Å². The Bertz CT molecular complexity index is 1130. The van der Waals surface area contributed by atoms with E-state index in [1.54, 1.807) is 11.1 Å². The average Bonchev–Trinajstić information content (AvgIpc) is 3.06. The molecule has 4 aromatic carbocycles. The third-order valence-corrected chi connectivity index (χ3v) is 6.33. The molecule has 0 aliphatic heterocycles. The highest BCUT2D eigenvalue weighted by atomic mass is 14.3. The predicted molar refractivity (Wildman–Crippen MR) is 110 cm³/mol. The summed E-state index contributed by atoms with van der Waals surface area (Å²) in [4.78, 5) is 0. The van der Waals surface area contributed by atoms with E-state index in [2.05, 4.69) is 75.4 Å². The standard InChI is InChI=1S/C25H24/c1-15(2)17-7-9-22-20(17)11-12-25-23-10-8-18-16(3)5-4-6-19(18)21(23)13-14-24(22)25/h4-6,8,10-15,17H,7,9H2,1-3H3. The molecule has 0 aromatic heterocycles. The Morgan fingerprint density at radius 3 is 2.08 bits per heavy atom. The first-order valence-corrected chi connectivity index (χ1v) is 9.51. The molecule has 4 aromatic rings. The van der Waals surface area contributed by atoms with Gasteiger partial charge in [-0.15, -0.1) is 0 Å². The highest BCUT2D eigenvalue weighted by Gasteiger charge is 2.26. The van der Waals surface area contributed by atoms with E-state index in [9.17, 15) is 0 Å². The topological polar surface area (TPSA) is 0 Å². The van der Waals surface area contributed by atoms with Gasteiger partial charge in [-0.3, -0.25) is 0 Å². The van der Waals surface area contributed by atoms with Crippen molar-refractivity contribution in [2.45, 2.75) is 39.5 Å². The second kappa shape index (κ2) is 5.33. The lowest BCUT2D eigenvalue weighted by Crippen LogP contribution is -2.01. The summed E-state index contributed by atoms with van der Waals surface area (Å²) in [7, 11) is 0. The first kappa shape index (κ1) is 15.0. The molecule has 0 heteroatoms. The van der Waals surface area contributed by atoms with Crippen LogP contribution in [0.25, 0.3) is 32.3 Å². The molecule has 0 nitrogen and oxygen atoms in total. The molecule has 0 saturated carbocycles. The summed E-state index contributed by atoms with van der Waals surface area (Å²) < 4.78 is 0. The Balaban J connectivity index is 1.85. The minimum Gasteiger partial charge on any atom is -0.0622 e. The van der Waals surface area contributed by atoms with Crippen molar-refractivity contribution in [3.8, 4) is 0 Å². The van der Waals surface area contributed by atoms with Gasteiger partial charge in [-0.25, -0.2) is 0 Å². The van der Waals surface area contributed by atoms with Crippen LogP contribution in [0.5, 0.6) is 0 Å². The molecule has 1 aliphatic rings. The molecule has 0 amide bonds. The highest BCUT2D eigenvalue weighted by molar-refractivity contribution is 6.18. The lowest BCUT2D eigenvalue weighted by Gasteiger charge is -2.17. The Labute approximate surface area is 149 Å². The zero-order chi connectivity index (χ0) is 17.1. The van der Waals surface area contributed by atoms with Crippen molar-refractivity contribution < 1.29 is 0 Å². The second-order valence-corrected chi connectivity index (χ2v) is 8.01. The number of hydrogen-bond acceptors (Lipinski definition) is 0. The number of fused-ring (bicyclic) bond motifs is 7. The van der Waals surface area contributed by atoms with E-state index < -0.39 is 0 Å². The molecule has 0 saturated heterocycles. The van der Waals surface area contributed by atoms with E-state index in [1.807, 2.05) is 0 Å². The quantitative estimate of drug-likeness (QED) is 0.326. The van der Waals surface area contributed by atoms with Crippen molar-refractivity contribution in [1.82, 2.24) is 0 Å². The normalized spacial score (nSPS) is 17.0. The van der Waals surface area contributed by atoms with Gasteiger partial charge < -0.3 is 0 Å². The molecule has 124 valence electrons. The van der Waals surface area contributed by atoms with E-state index in [0.29, 0.717) is 0 Å². The molecule has 1 unspecified atom stereocenters. The molecule has 0 radical (unpaired) electrons. The van der Waals surface area contributed by atoms with Crippen molar-refractivity contribution in [3.63, 3.8) is 0 Å². The molecule has 0 spiro atoms. The van der Waals surface area contributed by atoms with Gasteiger partial charge in [0.25, 0.3) is 0 Å². The highest BCUT2D eigenvalue weighted by Crippen LogP contribution is 2.43. The maximum atomic E-state index is 2.41. The fourth-order valence-electron chi connectivity index (χ4n) is 5.00. The predicted octanol–water partition coefficient (Wildman–Crippen LogP) is 7.14. The molecule has 0 bridgehead atoms. The van der Waals surface area contributed by atoms with Crippen LogP contribution in [0.2, 0.25) is 0 Å². The molecule has 0 heterocycles. The van der Waals surface area contributed by atoms with Crippen molar-refractivity contribution >= 4 is 32.3 Å². The van der Waals surface area contributed by atoms with Crippen molar-refractivity contribution in [2.75, 3.05) is 0 Å². The summed E-state index contributed by atoms with van der Waals surface area (Å²) in [6.45, 7) is 6.92. The Hall–Kier alpha value is -2.34. The molecule has 0 fully saturated rings. The summed E-state index contributed by atoms with van der Waals surface area (Å²) >= 11 is 0. The van der Waals surface area contributed by atoms with E-state index in [4.69, 9.17) is 0 Å². The van der Waals surface area contributed by atoms with Crippen LogP contribution < -0.4 is 0 Å². The van der Waals surface area contributed by atoms with Gasteiger partial charge in [0, 0.05) is 0 Å². The van der Waals surface area contributed by atoms with Crippen molar-refractivity contribution in [2.24, 2.45) is 5.92 Å². The summed E-state index contributed by atoms with van der Waals surface area (Å²) in [6.07, 6.45) is 2.54. The largest absolute Gasteiger partial charge is 0.0622 e. The zero-order valence-electron chi connectivity index (χ0n) is 15.3. The molecular formula is C25H24. The van der Waals surface area contributed by atoms with E-state index in [1.165, 1.54) is 50.7 Å². The van der Waals surface area contributed by atoms with Gasteiger partial charge >= 0.3 is 0 Å². The maximum Gasteiger partial charge on any atom is -0.00989 e. The van der Waals surface area contributed by atoms with Crippen LogP contribution >= 0.6 is 0 Å². The Morgan fingerprint density at radius 1 is 0.720 bits per heavy atom. The lowest BCUT2D eigenvalue weighted by atomic mass is 9.88. The minimum absolute atomic E-state index is 0.728. The smallest absolute Gasteiger partial charge is 0.00989 e. The van der Waals surface area contributed by atoms with Gasteiger partial charge in [0.05, 0.1) is 0 Å². The number of hydrogen-bond donors (Lipinski definition) is 0. The first-order valence-electron chi connectivity index (χ1n) is 9.51. The Kier molecular flexibility index (Phi) is 3.19. The van der Waals surface area contributed by atoms with E-state index in [-0.39, 0.29) is 0 Å². The maximum absolute atomic E-state index is 2.41. The minimum atomic E-state index is 0.728. The van der Waals surface area contributed by atoms with Gasteiger partial charge in [-0.05, 0) is 80.6 Å². The summed E-state index contributed by atoms with van der Waals surface area (Å²) in [5, 5.41) is 8.41. The fourth-order valence-corrected chi connectivity index (χ4v) is 5.00. The number of benzene rings is 4. The first-order chi connectivity index (χ1) is 12.1. The summed E-state index contributed by atoms with van der Waals surface area (Å²) in [5.74, 6) is 1.46. The molecule has 1 atom stereocenters. The van der Waals surface area contributed by atoms with Crippen molar-refractivity contribution in [1.29, 1.82) is 0 Å². The molecular weight excluding hydrogens is 300 g/mol. The lowest BCUT2D eigenvalue weighted by molar-refractivity contribution is 0.496.